The van der Waals surface area contributed by atoms with Crippen LogP contribution in [0.2, 0.25) is 0 Å². The third kappa shape index (κ3) is 5.54. The van der Waals surface area contributed by atoms with Gasteiger partial charge in [-0.25, -0.2) is 13.8 Å². The van der Waals surface area contributed by atoms with Gasteiger partial charge in [0.2, 0.25) is 5.91 Å². The van der Waals surface area contributed by atoms with Crippen LogP contribution in [-0.2, 0) is 16.1 Å². The Morgan fingerprint density at radius 2 is 1.98 bits per heavy atom. The summed E-state index contributed by atoms with van der Waals surface area (Å²) in [5.74, 6) is -1.73. The van der Waals surface area contributed by atoms with Crippen LogP contribution in [0.5, 0.6) is 5.75 Å². The summed E-state index contributed by atoms with van der Waals surface area (Å²) in [5, 5.41) is 7.56. The van der Waals surface area contributed by atoms with Crippen molar-refractivity contribution in [1.29, 1.82) is 0 Å². The third-order valence-electron chi connectivity index (χ3n) is 8.01. The number of nitrogens with zero attached hydrogens (tertiary/aromatic N) is 5. The number of nitrogen functional groups attached to an aromatic ring is 1. The second kappa shape index (κ2) is 12.8. The Hall–Kier alpha value is -4.94. The maximum absolute atomic E-state index is 16.0. The van der Waals surface area contributed by atoms with Crippen molar-refractivity contribution in [2.24, 2.45) is 4.99 Å². The van der Waals surface area contributed by atoms with Gasteiger partial charge in [-0.3, -0.25) is 14.5 Å². The summed E-state index contributed by atoms with van der Waals surface area (Å²) in [6.45, 7) is 6.77. The number of halogens is 2. The molecule has 1 amide bonds. The molecule has 0 bridgehead atoms. The summed E-state index contributed by atoms with van der Waals surface area (Å²) in [5.41, 5.74) is 11.2. The number of methoxy groups -OCH3 is 1. The molecule has 2 aromatic carbocycles. The number of rotatable bonds is 9. The van der Waals surface area contributed by atoms with Crippen LogP contribution in [0.25, 0.3) is 43.9 Å². The molecule has 0 aliphatic carbocycles. The molecule has 0 saturated carbocycles. The lowest BCUT2D eigenvalue weighted by Crippen LogP contribution is -2.40. The quantitative estimate of drug-likeness (QED) is 0.0850. The Kier molecular flexibility index (Phi) is 8.65. The molecule has 3 aromatic heterocycles. The van der Waals surface area contributed by atoms with E-state index in [2.05, 4.69) is 11.6 Å². The number of hydrogen-bond acceptors (Lipinski definition) is 8. The average molecular weight is 643 g/mol. The molecule has 4 heterocycles. The van der Waals surface area contributed by atoms with Crippen molar-refractivity contribution in [2.45, 2.75) is 19.5 Å². The molecule has 0 fully saturated rings. The molecule has 2 N–H and O–H groups in total. The fourth-order valence-electron chi connectivity index (χ4n) is 5.82. The van der Waals surface area contributed by atoms with Crippen LogP contribution >= 0.6 is 11.3 Å². The van der Waals surface area contributed by atoms with E-state index in [0.29, 0.717) is 46.1 Å². The summed E-state index contributed by atoms with van der Waals surface area (Å²) in [6.07, 6.45) is 2.98. The van der Waals surface area contributed by atoms with Crippen molar-refractivity contribution in [2.75, 3.05) is 39.6 Å². The highest BCUT2D eigenvalue weighted by molar-refractivity contribution is 7.18. The molecule has 46 heavy (non-hydrogen) atoms. The highest BCUT2D eigenvalue weighted by Gasteiger charge is 2.31. The topological polar surface area (TPSA) is 108 Å². The second-order valence-corrected chi connectivity index (χ2v) is 11.7. The number of carbonyl (C=O) groups excluding carboxylic acids is 1. The normalized spacial score (nSPS) is 14.6. The van der Waals surface area contributed by atoms with Crippen LogP contribution < -0.4 is 10.5 Å². The predicted molar refractivity (Wildman–Crippen MR) is 177 cm³/mol. The molecule has 12 heteroatoms. The molecular formula is C34H32F2N6O3S. The van der Waals surface area contributed by atoms with E-state index in [4.69, 9.17) is 25.3 Å². The van der Waals surface area contributed by atoms with E-state index in [0.717, 1.165) is 28.3 Å². The van der Waals surface area contributed by atoms with E-state index in [1.54, 1.807) is 18.2 Å². The maximum atomic E-state index is 16.0. The first-order valence-electron chi connectivity index (χ1n) is 14.6. The van der Waals surface area contributed by atoms with E-state index in [9.17, 15) is 9.18 Å². The number of carbonyl (C=O) groups is 1. The maximum Gasteiger partial charge on any atom is 0.246 e. The average Bonchev–Trinajstić information content (AvgIpc) is 3.70. The molecule has 236 valence electrons. The van der Waals surface area contributed by atoms with Crippen LogP contribution in [-0.4, -0.2) is 65.7 Å². The predicted octanol–water partition coefficient (Wildman–Crippen LogP) is 6.52. The summed E-state index contributed by atoms with van der Waals surface area (Å²) in [6, 6.07) is 11.1. The van der Waals surface area contributed by atoms with Gasteiger partial charge in [0.1, 0.15) is 35.4 Å². The fraction of sp³-hybridized carbons (Fsp3) is 0.235. The van der Waals surface area contributed by atoms with Crippen LogP contribution in [0.4, 0.5) is 14.5 Å². The largest absolute Gasteiger partial charge is 0.490 e. The van der Waals surface area contributed by atoms with Gasteiger partial charge in [-0.1, -0.05) is 18.7 Å². The highest BCUT2D eigenvalue weighted by Crippen LogP contribution is 2.47. The molecule has 1 atom stereocenters. The molecule has 0 radical (unpaired) electrons. The molecule has 9 nitrogen and oxygen atoms in total. The summed E-state index contributed by atoms with van der Waals surface area (Å²) >= 11 is 1.40. The molecule has 1 aliphatic heterocycles. The Morgan fingerprint density at radius 1 is 1.15 bits per heavy atom. The number of fused-ring (bicyclic) bond motifs is 2. The van der Waals surface area contributed by atoms with Gasteiger partial charge in [0.15, 0.2) is 0 Å². The van der Waals surface area contributed by atoms with Crippen molar-refractivity contribution in [3.05, 3.63) is 83.4 Å². The number of thiophene rings is 1. The van der Waals surface area contributed by atoms with Crippen molar-refractivity contribution < 1.29 is 23.0 Å². The van der Waals surface area contributed by atoms with Gasteiger partial charge in [0.05, 0.1) is 36.1 Å². The minimum absolute atomic E-state index is 0.0209. The summed E-state index contributed by atoms with van der Waals surface area (Å²) in [4.78, 5) is 23.5. The number of aliphatic imine (C=N–C) groups is 1. The number of aromatic nitrogens is 3. The smallest absolute Gasteiger partial charge is 0.246 e. The fourth-order valence-corrected chi connectivity index (χ4v) is 6.77. The van der Waals surface area contributed by atoms with Crippen LogP contribution in [0.1, 0.15) is 24.2 Å². The van der Waals surface area contributed by atoms with E-state index in [1.807, 2.05) is 47.3 Å². The monoisotopic (exact) mass is 642 g/mol. The number of amides is 1. The first-order chi connectivity index (χ1) is 22.2. The molecule has 1 aliphatic rings. The number of hydrogen-bond donors (Lipinski definition) is 1. The van der Waals surface area contributed by atoms with Gasteiger partial charge < -0.3 is 20.1 Å². The molecule has 5 aromatic rings. The molecule has 0 saturated heterocycles. The van der Waals surface area contributed by atoms with Crippen LogP contribution in [0.15, 0.2) is 65.5 Å². The number of ether oxygens (including phenoxy) is 2. The zero-order chi connectivity index (χ0) is 32.5. The van der Waals surface area contributed by atoms with Gasteiger partial charge >= 0.3 is 0 Å². The Bertz CT molecular complexity index is 2000. The van der Waals surface area contributed by atoms with Crippen molar-refractivity contribution >= 4 is 39.2 Å². The Balaban J connectivity index is 1.63. The molecular weight excluding hydrogens is 610 g/mol. The Morgan fingerprint density at radius 3 is 2.72 bits per heavy atom. The van der Waals surface area contributed by atoms with Gasteiger partial charge in [-0.05, 0) is 36.6 Å². The lowest BCUT2D eigenvalue weighted by Gasteiger charge is -2.33. The van der Waals surface area contributed by atoms with Gasteiger partial charge in [-0.15, -0.1) is 11.3 Å². The number of nitrogens with two attached hydrogens (primary N) is 1. The Labute approximate surface area is 268 Å². The third-order valence-corrected chi connectivity index (χ3v) is 8.94. The molecule has 0 spiro atoms. The first-order valence-corrected chi connectivity index (χ1v) is 15.5. The van der Waals surface area contributed by atoms with E-state index in [1.165, 1.54) is 30.6 Å². The lowest BCUT2D eigenvalue weighted by atomic mass is 9.96. The van der Waals surface area contributed by atoms with Gasteiger partial charge in [-0.2, -0.15) is 5.10 Å². The lowest BCUT2D eigenvalue weighted by molar-refractivity contribution is -0.129. The minimum Gasteiger partial charge on any atom is -0.490 e. The van der Waals surface area contributed by atoms with E-state index in [-0.39, 0.29) is 36.5 Å². The molecule has 6 rings (SSSR count). The van der Waals surface area contributed by atoms with Crippen molar-refractivity contribution in [3.63, 3.8) is 0 Å². The highest BCUT2D eigenvalue weighted by atomic mass is 32.1. The van der Waals surface area contributed by atoms with Crippen molar-refractivity contribution in [3.8, 4) is 39.5 Å². The standard InChI is InChI=1S/C34H32F2N6O3S/c1-5-29(43)41-9-10-42-27(19(41)2)17-26(40-42)33-31(30-24(36)15-22(35)16-28(30)45-12-11-44-4)34-23(8-13-46-34)32(39-33)20-6-7-21(18-38-3)25(37)14-20/h5-8,13-19H,1,9-12,37H2,2-4H3. The SMILES string of the molecule is C=CC(=O)N1CCn2nc(-c3nc(-c4ccc(C=NC)c(N)c4)c4ccsc4c3-c3c(F)cc(F)cc3OCCOC)cc2C1C. The minimum atomic E-state index is -0.800. The summed E-state index contributed by atoms with van der Waals surface area (Å²) < 4.78 is 44.2. The van der Waals surface area contributed by atoms with Crippen molar-refractivity contribution in [1.82, 2.24) is 19.7 Å². The second-order valence-electron chi connectivity index (χ2n) is 10.8. The van der Waals surface area contributed by atoms with Crippen LogP contribution in [0.3, 0.4) is 0 Å². The van der Waals surface area contributed by atoms with Gasteiger partial charge in [0.25, 0.3) is 0 Å². The zero-order valence-corrected chi connectivity index (χ0v) is 26.4. The molecule has 1 unspecified atom stereocenters. The zero-order valence-electron chi connectivity index (χ0n) is 25.6. The van der Waals surface area contributed by atoms with Crippen LogP contribution in [0, 0.1) is 11.6 Å². The number of benzene rings is 2. The van der Waals surface area contributed by atoms with E-state index >= 15 is 4.39 Å². The number of pyridine rings is 1. The summed E-state index contributed by atoms with van der Waals surface area (Å²) in [7, 11) is 3.19. The van der Waals surface area contributed by atoms with Gasteiger partial charge in [0, 0.05) is 71.5 Å². The van der Waals surface area contributed by atoms with E-state index < -0.39 is 11.6 Å². The first kappa shape index (κ1) is 31.1. The number of anilines is 1.